The van der Waals surface area contributed by atoms with E-state index in [2.05, 4.69) is 103 Å². The van der Waals surface area contributed by atoms with Crippen molar-refractivity contribution in [3.05, 3.63) is 203 Å². The minimum atomic E-state index is 0.249. The first-order chi connectivity index (χ1) is 24.1. The molecule has 0 unspecified atom stereocenters. The van der Waals surface area contributed by atoms with Crippen LogP contribution >= 0.6 is 0 Å². The molecule has 0 saturated carbocycles. The van der Waals surface area contributed by atoms with Gasteiger partial charge in [0.1, 0.15) is 11.5 Å². The Morgan fingerprint density at radius 2 is 0.878 bits per heavy atom. The predicted molar refractivity (Wildman–Crippen MR) is 205 cm³/mol. The van der Waals surface area contributed by atoms with E-state index in [1.807, 2.05) is 71.7 Å². The first-order valence-corrected chi connectivity index (χ1v) is 16.2. The van der Waals surface area contributed by atoms with Crippen LogP contribution < -0.4 is 5.01 Å². The first-order valence-electron chi connectivity index (χ1n) is 16.2. The van der Waals surface area contributed by atoms with E-state index in [-0.39, 0.29) is 11.5 Å². The van der Waals surface area contributed by atoms with E-state index >= 15 is 0 Å². The number of rotatable bonds is 9. The minimum absolute atomic E-state index is 0.249. The normalized spacial score (nSPS) is 11.3. The number of hydrogen-bond donors (Lipinski definition) is 2. The maximum absolute atomic E-state index is 9.71. The number of anilines is 2. The van der Waals surface area contributed by atoms with Crippen molar-refractivity contribution in [1.82, 2.24) is 0 Å². The number of hydrazone groups is 1. The van der Waals surface area contributed by atoms with E-state index in [1.54, 1.807) is 24.3 Å². The highest BCUT2D eigenvalue weighted by Gasteiger charge is 2.17. The van der Waals surface area contributed by atoms with Gasteiger partial charge < -0.3 is 10.2 Å². The number of hydrogen-bond acceptors (Lipinski definition) is 4. The van der Waals surface area contributed by atoms with Crippen LogP contribution in [0.25, 0.3) is 35.1 Å². The Bertz CT molecular complexity index is 2210. The third-order valence-corrected chi connectivity index (χ3v) is 8.30. The third kappa shape index (κ3) is 7.35. The molecule has 0 heterocycles. The molecule has 0 fully saturated rings. The predicted octanol–water partition coefficient (Wildman–Crippen LogP) is 11.2. The number of fused-ring (bicyclic) bond motifs is 1. The van der Waals surface area contributed by atoms with Gasteiger partial charge in [-0.2, -0.15) is 5.10 Å². The summed E-state index contributed by atoms with van der Waals surface area (Å²) in [5.74, 6) is 0.501. The van der Waals surface area contributed by atoms with Gasteiger partial charge in [0.15, 0.2) is 0 Å². The molecule has 0 aliphatic rings. The van der Waals surface area contributed by atoms with Crippen LogP contribution in [0.3, 0.4) is 0 Å². The maximum atomic E-state index is 9.71. The molecule has 49 heavy (non-hydrogen) atoms. The van der Waals surface area contributed by atoms with Crippen molar-refractivity contribution in [2.24, 2.45) is 5.10 Å². The molecule has 0 saturated heterocycles. The number of benzene rings is 7. The molecule has 7 rings (SSSR count). The first kappa shape index (κ1) is 31.0. The molecule has 2 N–H and O–H groups in total. The molecule has 0 aliphatic heterocycles. The standard InChI is InChI=1S/C45H34N2O2/c48-40-28-20-34(21-29-40)16-15-33-18-26-39(27-19-33)47(46-45(37-9-3-1-4-10-37)38-11-5-2-6-12-38)44-32-25-36(42-13-7-8-14-43(42)44)24-17-35-22-30-41(49)31-23-35/h1-32,48-49H/b16-15+,24-17+. The van der Waals surface area contributed by atoms with E-state index in [9.17, 15) is 10.2 Å². The monoisotopic (exact) mass is 634 g/mol. The highest BCUT2D eigenvalue weighted by molar-refractivity contribution is 6.14. The summed E-state index contributed by atoms with van der Waals surface area (Å²) in [4.78, 5) is 0. The lowest BCUT2D eigenvalue weighted by Crippen LogP contribution is -2.15. The molecule has 0 aliphatic carbocycles. The minimum Gasteiger partial charge on any atom is -0.508 e. The van der Waals surface area contributed by atoms with Gasteiger partial charge in [0.05, 0.1) is 17.1 Å². The van der Waals surface area contributed by atoms with Crippen LogP contribution in [0.2, 0.25) is 0 Å². The van der Waals surface area contributed by atoms with Gasteiger partial charge in [-0.05, 0) is 70.1 Å². The number of aromatic hydroxyl groups is 2. The van der Waals surface area contributed by atoms with Crippen molar-refractivity contribution < 1.29 is 10.2 Å². The van der Waals surface area contributed by atoms with E-state index < -0.39 is 0 Å². The van der Waals surface area contributed by atoms with Crippen LogP contribution in [0.15, 0.2) is 175 Å². The third-order valence-electron chi connectivity index (χ3n) is 8.30. The van der Waals surface area contributed by atoms with Crippen molar-refractivity contribution in [2.75, 3.05) is 5.01 Å². The molecule has 7 aromatic rings. The van der Waals surface area contributed by atoms with Crippen LogP contribution in [0.4, 0.5) is 11.4 Å². The molecule has 4 nitrogen and oxygen atoms in total. The summed E-state index contributed by atoms with van der Waals surface area (Å²) in [6.45, 7) is 0. The maximum Gasteiger partial charge on any atom is 0.115 e. The summed E-state index contributed by atoms with van der Waals surface area (Å²) in [7, 11) is 0. The molecule has 236 valence electrons. The van der Waals surface area contributed by atoms with E-state index in [1.165, 1.54) is 0 Å². The van der Waals surface area contributed by atoms with Crippen LogP contribution in [0.5, 0.6) is 11.5 Å². The molecular weight excluding hydrogens is 601 g/mol. The second-order valence-corrected chi connectivity index (χ2v) is 11.7. The molecule has 0 atom stereocenters. The quantitative estimate of drug-likeness (QED) is 0.0944. The zero-order valence-electron chi connectivity index (χ0n) is 26.8. The molecule has 0 spiro atoms. The molecular formula is C45H34N2O2. The van der Waals surface area contributed by atoms with Gasteiger partial charge in [-0.1, -0.05) is 152 Å². The van der Waals surface area contributed by atoms with E-state index in [0.717, 1.165) is 61.2 Å². The summed E-state index contributed by atoms with van der Waals surface area (Å²) >= 11 is 0. The summed E-state index contributed by atoms with van der Waals surface area (Å²) in [6, 6.07) is 56.0. The van der Waals surface area contributed by atoms with Crippen LogP contribution in [0, 0.1) is 0 Å². The van der Waals surface area contributed by atoms with Crippen LogP contribution in [-0.4, -0.2) is 15.9 Å². The molecule has 7 aromatic carbocycles. The largest absolute Gasteiger partial charge is 0.508 e. The fourth-order valence-electron chi connectivity index (χ4n) is 5.74. The Morgan fingerprint density at radius 3 is 1.41 bits per heavy atom. The average Bonchev–Trinajstić information content (AvgIpc) is 3.16. The molecule has 4 heteroatoms. The second kappa shape index (κ2) is 14.4. The fraction of sp³-hybridized carbons (Fsp3) is 0. The topological polar surface area (TPSA) is 56.1 Å². The number of phenolic OH excluding ortho intramolecular Hbond substituents is 2. The van der Waals surface area contributed by atoms with E-state index in [0.29, 0.717) is 0 Å². The van der Waals surface area contributed by atoms with Gasteiger partial charge in [0, 0.05) is 16.5 Å². The van der Waals surface area contributed by atoms with Crippen LogP contribution in [-0.2, 0) is 0 Å². The van der Waals surface area contributed by atoms with Gasteiger partial charge >= 0.3 is 0 Å². The summed E-state index contributed by atoms with van der Waals surface area (Å²) in [5.41, 5.74) is 8.91. The average molecular weight is 635 g/mol. The lowest BCUT2D eigenvalue weighted by atomic mass is 10.0. The fourth-order valence-corrected chi connectivity index (χ4v) is 5.74. The van der Waals surface area contributed by atoms with Crippen LogP contribution in [0.1, 0.15) is 33.4 Å². The lowest BCUT2D eigenvalue weighted by Gasteiger charge is -2.24. The molecule has 0 amide bonds. The molecule has 0 bridgehead atoms. The zero-order chi connectivity index (χ0) is 33.4. The summed E-state index contributed by atoms with van der Waals surface area (Å²) in [5, 5.41) is 29.0. The zero-order valence-corrected chi connectivity index (χ0v) is 26.8. The number of nitrogens with zero attached hydrogens (tertiary/aromatic N) is 2. The Labute approximate surface area is 286 Å². The number of phenols is 2. The molecule has 0 aromatic heterocycles. The Kier molecular flexibility index (Phi) is 9.11. The Hall–Kier alpha value is -6.65. The second-order valence-electron chi connectivity index (χ2n) is 11.7. The van der Waals surface area contributed by atoms with Gasteiger partial charge in [-0.25, -0.2) is 5.01 Å². The summed E-state index contributed by atoms with van der Waals surface area (Å²) < 4.78 is 0. The van der Waals surface area contributed by atoms with Gasteiger partial charge in [-0.15, -0.1) is 0 Å². The Morgan fingerprint density at radius 1 is 0.429 bits per heavy atom. The van der Waals surface area contributed by atoms with Gasteiger partial charge in [0.25, 0.3) is 0 Å². The Balaban J connectivity index is 1.35. The SMILES string of the molecule is Oc1ccc(/C=C/c2ccc(N(N=C(c3ccccc3)c3ccccc3)c3ccc(/C=C/c4ccc(O)cc4)c4ccccc34)cc2)cc1. The lowest BCUT2D eigenvalue weighted by molar-refractivity contribution is 0.474. The summed E-state index contributed by atoms with van der Waals surface area (Å²) in [6.07, 6.45) is 8.27. The van der Waals surface area contributed by atoms with Crippen molar-refractivity contribution in [2.45, 2.75) is 0 Å². The van der Waals surface area contributed by atoms with Gasteiger partial charge in [-0.3, -0.25) is 0 Å². The van der Waals surface area contributed by atoms with Gasteiger partial charge in [0.2, 0.25) is 0 Å². The van der Waals surface area contributed by atoms with Crippen molar-refractivity contribution >= 4 is 52.2 Å². The van der Waals surface area contributed by atoms with E-state index in [4.69, 9.17) is 5.10 Å². The molecule has 0 radical (unpaired) electrons. The van der Waals surface area contributed by atoms with Crippen molar-refractivity contribution in [1.29, 1.82) is 0 Å². The highest BCUT2D eigenvalue weighted by Crippen LogP contribution is 2.36. The van der Waals surface area contributed by atoms with Crippen molar-refractivity contribution in [3.63, 3.8) is 0 Å². The van der Waals surface area contributed by atoms with Crippen molar-refractivity contribution in [3.8, 4) is 11.5 Å². The highest BCUT2D eigenvalue weighted by atomic mass is 16.3. The smallest absolute Gasteiger partial charge is 0.115 e.